The van der Waals surface area contributed by atoms with Gasteiger partial charge in [-0.3, -0.25) is 4.79 Å². The first-order valence-electron chi connectivity index (χ1n) is 12.5. The van der Waals surface area contributed by atoms with Crippen molar-refractivity contribution in [3.63, 3.8) is 0 Å². The summed E-state index contributed by atoms with van der Waals surface area (Å²) in [6, 6.07) is 14.2. The van der Waals surface area contributed by atoms with Gasteiger partial charge in [-0.15, -0.1) is 11.3 Å². The molecule has 1 atom stereocenters. The molecule has 0 saturated heterocycles. The van der Waals surface area contributed by atoms with Gasteiger partial charge in [0, 0.05) is 30.0 Å². The zero-order valence-electron chi connectivity index (χ0n) is 21.2. The topological polar surface area (TPSA) is 102 Å². The maximum absolute atomic E-state index is 13.5. The molecule has 1 unspecified atom stereocenters. The highest BCUT2D eigenvalue weighted by Gasteiger charge is 2.47. The molecule has 2 aliphatic rings. The lowest BCUT2D eigenvalue weighted by Crippen LogP contribution is -2.50. The van der Waals surface area contributed by atoms with Crippen molar-refractivity contribution in [3.8, 4) is 10.6 Å². The van der Waals surface area contributed by atoms with Crippen molar-refractivity contribution >= 4 is 28.8 Å². The molecule has 3 aromatic rings. The molecule has 0 radical (unpaired) electrons. The highest BCUT2D eigenvalue weighted by atomic mass is 32.1. The Labute approximate surface area is 227 Å². The fourth-order valence-electron chi connectivity index (χ4n) is 5.46. The summed E-state index contributed by atoms with van der Waals surface area (Å²) in [5, 5.41) is 0.815. The van der Waals surface area contributed by atoms with Crippen LogP contribution in [0.5, 0.6) is 0 Å². The van der Waals surface area contributed by atoms with Crippen molar-refractivity contribution in [1.29, 1.82) is 0 Å². The van der Waals surface area contributed by atoms with Crippen LogP contribution in [0.2, 0.25) is 0 Å². The standard InChI is InChI=1S/C29H27F3N4O2S/c1-17-24(35-25(39-17)18-6-3-2-4-7-18)15-28(26(33)37)12-10-21(19-8-5-9-20(14-19)29(30,31)32)22-11-13-36(27(34)38)16-23(22)28/h2-10,14H,11-13,15-16H2,1H3,(H2,33,37)(H2,34,38). The zero-order valence-corrected chi connectivity index (χ0v) is 22.0. The lowest BCUT2D eigenvalue weighted by molar-refractivity contribution is -0.137. The number of primary amides is 2. The van der Waals surface area contributed by atoms with Gasteiger partial charge in [-0.25, -0.2) is 9.78 Å². The molecule has 39 heavy (non-hydrogen) atoms. The van der Waals surface area contributed by atoms with Crippen molar-refractivity contribution in [1.82, 2.24) is 9.88 Å². The number of nitrogens with two attached hydrogens (primary N) is 2. The van der Waals surface area contributed by atoms with Gasteiger partial charge in [-0.1, -0.05) is 48.5 Å². The van der Waals surface area contributed by atoms with Crippen molar-refractivity contribution in [3.05, 3.63) is 93.5 Å². The van der Waals surface area contributed by atoms with Crippen LogP contribution in [-0.2, 0) is 17.4 Å². The Bertz CT molecular complexity index is 1510. The molecule has 0 bridgehead atoms. The molecule has 1 aromatic heterocycles. The summed E-state index contributed by atoms with van der Waals surface area (Å²) in [5.74, 6) is -0.575. The number of aryl methyl sites for hydroxylation is 1. The Morgan fingerprint density at radius 1 is 1.08 bits per heavy atom. The molecule has 1 aliphatic heterocycles. The number of hydrogen-bond donors (Lipinski definition) is 2. The third kappa shape index (κ3) is 4.96. The SMILES string of the molecule is Cc1sc(-c2ccccc2)nc1CC1(C(N)=O)CC=C(c2cccc(C(F)(F)F)c2)C2=C1CN(C(N)=O)CC2. The highest BCUT2D eigenvalue weighted by Crippen LogP contribution is 2.49. The first-order valence-corrected chi connectivity index (χ1v) is 13.3. The molecule has 6 nitrogen and oxygen atoms in total. The normalized spacial score (nSPS) is 19.5. The Hall–Kier alpha value is -3.92. The summed E-state index contributed by atoms with van der Waals surface area (Å²) in [5.41, 5.74) is 13.8. The van der Waals surface area contributed by atoms with E-state index in [4.69, 9.17) is 16.5 Å². The van der Waals surface area contributed by atoms with Crippen LogP contribution >= 0.6 is 11.3 Å². The van der Waals surface area contributed by atoms with Crippen molar-refractivity contribution in [2.45, 2.75) is 32.4 Å². The number of thiazole rings is 1. The van der Waals surface area contributed by atoms with Crippen LogP contribution in [0.1, 0.15) is 34.5 Å². The summed E-state index contributed by atoms with van der Waals surface area (Å²) >= 11 is 1.52. The van der Waals surface area contributed by atoms with E-state index >= 15 is 0 Å². The first kappa shape index (κ1) is 26.7. The summed E-state index contributed by atoms with van der Waals surface area (Å²) in [6.45, 7) is 2.29. The number of hydrogen-bond acceptors (Lipinski definition) is 4. The molecule has 5 rings (SSSR count). The second kappa shape index (κ2) is 10.00. The molecule has 2 heterocycles. The van der Waals surface area contributed by atoms with E-state index < -0.39 is 29.1 Å². The van der Waals surface area contributed by atoms with E-state index in [0.717, 1.165) is 38.8 Å². The lowest BCUT2D eigenvalue weighted by atomic mass is 9.65. The predicted molar refractivity (Wildman–Crippen MR) is 144 cm³/mol. The number of amides is 3. The minimum Gasteiger partial charge on any atom is -0.369 e. The average Bonchev–Trinajstić information content (AvgIpc) is 3.28. The molecule has 0 saturated carbocycles. The van der Waals surface area contributed by atoms with Gasteiger partial charge < -0.3 is 16.4 Å². The quantitative estimate of drug-likeness (QED) is 0.423. The lowest BCUT2D eigenvalue weighted by Gasteiger charge is -2.43. The number of carbonyl (C=O) groups is 2. The van der Waals surface area contributed by atoms with E-state index in [1.165, 1.54) is 22.3 Å². The summed E-state index contributed by atoms with van der Waals surface area (Å²) < 4.78 is 40.5. The van der Waals surface area contributed by atoms with Gasteiger partial charge in [0.05, 0.1) is 16.7 Å². The summed E-state index contributed by atoms with van der Waals surface area (Å²) in [7, 11) is 0. The number of benzene rings is 2. The maximum atomic E-state index is 13.5. The number of nitrogens with zero attached hydrogens (tertiary/aromatic N) is 2. The van der Waals surface area contributed by atoms with E-state index in [1.54, 1.807) is 12.1 Å². The Morgan fingerprint density at radius 2 is 1.79 bits per heavy atom. The third-order valence-electron chi connectivity index (χ3n) is 7.57. The largest absolute Gasteiger partial charge is 0.416 e. The van der Waals surface area contributed by atoms with Gasteiger partial charge in [0.15, 0.2) is 0 Å². The van der Waals surface area contributed by atoms with Gasteiger partial charge in [0.25, 0.3) is 0 Å². The third-order valence-corrected chi connectivity index (χ3v) is 8.63. The minimum atomic E-state index is -4.49. The molecule has 1 aliphatic carbocycles. The molecule has 2 aromatic carbocycles. The van der Waals surface area contributed by atoms with E-state index in [0.29, 0.717) is 23.1 Å². The van der Waals surface area contributed by atoms with Crippen molar-refractivity contribution in [2.75, 3.05) is 13.1 Å². The second-order valence-electron chi connectivity index (χ2n) is 9.88. The number of urea groups is 1. The number of halogens is 3. The highest BCUT2D eigenvalue weighted by molar-refractivity contribution is 7.15. The fraction of sp³-hybridized carbons (Fsp3) is 0.276. The van der Waals surface area contributed by atoms with Crippen LogP contribution in [0.4, 0.5) is 18.0 Å². The molecule has 3 amide bonds. The maximum Gasteiger partial charge on any atom is 0.416 e. The van der Waals surface area contributed by atoms with E-state index in [9.17, 15) is 22.8 Å². The van der Waals surface area contributed by atoms with Crippen LogP contribution in [-0.4, -0.2) is 34.9 Å². The Balaban J connectivity index is 1.61. The predicted octanol–water partition coefficient (Wildman–Crippen LogP) is 5.72. The smallest absolute Gasteiger partial charge is 0.369 e. The van der Waals surface area contributed by atoms with Crippen LogP contribution in [0.25, 0.3) is 16.1 Å². The van der Waals surface area contributed by atoms with Crippen LogP contribution in [0.15, 0.2) is 71.8 Å². The van der Waals surface area contributed by atoms with Crippen LogP contribution in [0, 0.1) is 12.3 Å². The molecule has 10 heteroatoms. The Morgan fingerprint density at radius 3 is 2.46 bits per heavy atom. The van der Waals surface area contributed by atoms with Gasteiger partial charge in [-0.2, -0.15) is 13.2 Å². The van der Waals surface area contributed by atoms with E-state index in [1.807, 2.05) is 37.3 Å². The number of carbonyl (C=O) groups excluding carboxylic acids is 2. The van der Waals surface area contributed by atoms with Crippen LogP contribution < -0.4 is 11.5 Å². The summed E-state index contributed by atoms with van der Waals surface area (Å²) in [6.07, 6.45) is -1.99. The average molecular weight is 553 g/mol. The minimum absolute atomic E-state index is 0.0681. The van der Waals surface area contributed by atoms with Gasteiger partial charge >= 0.3 is 12.2 Å². The molecule has 0 fully saturated rings. The number of alkyl halides is 3. The number of aromatic nitrogens is 1. The van der Waals surface area contributed by atoms with Crippen molar-refractivity contribution < 1.29 is 22.8 Å². The molecule has 4 N–H and O–H groups in total. The zero-order chi connectivity index (χ0) is 27.9. The van der Waals surface area contributed by atoms with E-state index in [2.05, 4.69) is 0 Å². The molecular weight excluding hydrogens is 525 g/mol. The fourth-order valence-corrected chi connectivity index (χ4v) is 6.40. The first-order chi connectivity index (χ1) is 18.5. The van der Waals surface area contributed by atoms with Gasteiger partial charge in [0.2, 0.25) is 5.91 Å². The molecule has 0 spiro atoms. The van der Waals surface area contributed by atoms with Gasteiger partial charge in [0.1, 0.15) is 5.01 Å². The number of allylic oxidation sites excluding steroid dienone is 2. The van der Waals surface area contributed by atoms with Crippen molar-refractivity contribution in [2.24, 2.45) is 16.9 Å². The van der Waals surface area contributed by atoms with Crippen LogP contribution in [0.3, 0.4) is 0 Å². The monoisotopic (exact) mass is 552 g/mol. The van der Waals surface area contributed by atoms with E-state index in [-0.39, 0.29) is 25.9 Å². The van der Waals surface area contributed by atoms with Gasteiger partial charge in [-0.05, 0) is 54.2 Å². The molecule has 202 valence electrons. The second-order valence-corrected chi connectivity index (χ2v) is 11.1. The number of rotatable bonds is 5. The summed E-state index contributed by atoms with van der Waals surface area (Å²) in [4.78, 5) is 32.7. The Kier molecular flexibility index (Phi) is 6.84. The molecular formula is C29H27F3N4O2S.